The highest BCUT2D eigenvalue weighted by molar-refractivity contribution is 5.87. The SMILES string of the molecule is C[C@]12CC[C@H](O)C[C@@H]1CC[C@@H]1C2=CC[C@]2(C)C(=O)CC[C@@H]12. The molecule has 4 aliphatic rings. The Bertz CT molecular complexity index is 508. The maximum atomic E-state index is 12.3. The summed E-state index contributed by atoms with van der Waals surface area (Å²) in [6, 6.07) is 0. The Hall–Kier alpha value is -0.630. The van der Waals surface area contributed by atoms with Crippen molar-refractivity contribution >= 4 is 5.78 Å². The monoisotopic (exact) mass is 288 g/mol. The number of ketones is 1. The zero-order chi connectivity index (χ0) is 14.8. The molecule has 3 fully saturated rings. The fraction of sp³-hybridized carbons (Fsp3) is 0.842. The lowest BCUT2D eigenvalue weighted by Gasteiger charge is -2.55. The Kier molecular flexibility index (Phi) is 2.96. The number of carbonyl (C=O) groups is 1. The lowest BCUT2D eigenvalue weighted by molar-refractivity contribution is -0.127. The molecule has 0 aromatic heterocycles. The zero-order valence-electron chi connectivity index (χ0n) is 13.4. The van der Waals surface area contributed by atoms with E-state index < -0.39 is 0 Å². The van der Waals surface area contributed by atoms with Gasteiger partial charge < -0.3 is 5.11 Å². The van der Waals surface area contributed by atoms with Crippen LogP contribution in [0.1, 0.15) is 65.2 Å². The van der Waals surface area contributed by atoms with Crippen molar-refractivity contribution in [3.63, 3.8) is 0 Å². The Morgan fingerprint density at radius 2 is 1.95 bits per heavy atom. The van der Waals surface area contributed by atoms with Gasteiger partial charge in [0.1, 0.15) is 5.78 Å². The third kappa shape index (κ3) is 1.78. The van der Waals surface area contributed by atoms with Crippen LogP contribution < -0.4 is 0 Å². The molecule has 4 rings (SSSR count). The molecule has 6 atom stereocenters. The molecule has 2 heteroatoms. The number of Topliss-reactive ketones (excluding diaryl/α,β-unsaturated/α-hetero) is 1. The molecular formula is C19H28O2. The second-order valence-electron chi connectivity index (χ2n) is 8.58. The van der Waals surface area contributed by atoms with E-state index in [2.05, 4.69) is 19.9 Å². The van der Waals surface area contributed by atoms with E-state index in [0.717, 1.165) is 38.5 Å². The average Bonchev–Trinajstić information content (AvgIpc) is 2.76. The summed E-state index contributed by atoms with van der Waals surface area (Å²) in [6.45, 7) is 4.67. The number of rotatable bonds is 0. The molecule has 1 N–H and O–H groups in total. The van der Waals surface area contributed by atoms with Gasteiger partial charge in [0.05, 0.1) is 6.10 Å². The minimum absolute atomic E-state index is 0.0639. The predicted molar refractivity (Wildman–Crippen MR) is 82.7 cm³/mol. The first kappa shape index (κ1) is 14.0. The molecule has 0 unspecified atom stereocenters. The second kappa shape index (κ2) is 4.44. The summed E-state index contributed by atoms with van der Waals surface area (Å²) in [6.07, 6.45) is 10.8. The number of hydrogen-bond acceptors (Lipinski definition) is 2. The second-order valence-corrected chi connectivity index (χ2v) is 8.58. The summed E-state index contributed by atoms with van der Waals surface area (Å²) >= 11 is 0. The van der Waals surface area contributed by atoms with Gasteiger partial charge in [-0.05, 0) is 68.1 Å². The van der Waals surface area contributed by atoms with Crippen molar-refractivity contribution in [1.82, 2.24) is 0 Å². The summed E-state index contributed by atoms with van der Waals surface area (Å²) < 4.78 is 0. The number of aliphatic hydroxyl groups is 1. The lowest BCUT2D eigenvalue weighted by Crippen LogP contribution is -2.48. The number of hydrogen-bond donors (Lipinski definition) is 1. The Morgan fingerprint density at radius 1 is 1.14 bits per heavy atom. The van der Waals surface area contributed by atoms with Gasteiger partial charge in [-0.15, -0.1) is 0 Å². The van der Waals surface area contributed by atoms with E-state index in [0.29, 0.717) is 29.0 Å². The molecule has 116 valence electrons. The van der Waals surface area contributed by atoms with Gasteiger partial charge in [-0.1, -0.05) is 25.5 Å². The van der Waals surface area contributed by atoms with Crippen LogP contribution in [0.3, 0.4) is 0 Å². The lowest BCUT2D eigenvalue weighted by atomic mass is 9.49. The van der Waals surface area contributed by atoms with Crippen LogP contribution in [0.2, 0.25) is 0 Å². The van der Waals surface area contributed by atoms with E-state index in [1.165, 1.54) is 12.8 Å². The summed E-state index contributed by atoms with van der Waals surface area (Å²) in [4.78, 5) is 12.3. The molecule has 0 radical (unpaired) electrons. The largest absolute Gasteiger partial charge is 0.393 e. The first-order valence-corrected chi connectivity index (χ1v) is 8.87. The maximum absolute atomic E-state index is 12.3. The van der Waals surface area contributed by atoms with Crippen LogP contribution in [0.4, 0.5) is 0 Å². The minimum atomic E-state index is -0.0814. The van der Waals surface area contributed by atoms with Gasteiger partial charge in [0.2, 0.25) is 0 Å². The van der Waals surface area contributed by atoms with Gasteiger partial charge in [0.15, 0.2) is 0 Å². The summed E-state index contributed by atoms with van der Waals surface area (Å²) in [5.74, 6) is 2.40. The minimum Gasteiger partial charge on any atom is -0.393 e. The van der Waals surface area contributed by atoms with Gasteiger partial charge in [-0.2, -0.15) is 0 Å². The van der Waals surface area contributed by atoms with Crippen molar-refractivity contribution in [3.05, 3.63) is 11.6 Å². The molecule has 2 nitrogen and oxygen atoms in total. The first-order chi connectivity index (χ1) is 9.95. The van der Waals surface area contributed by atoms with Crippen LogP contribution in [-0.2, 0) is 4.79 Å². The average molecular weight is 288 g/mol. The molecule has 21 heavy (non-hydrogen) atoms. The highest BCUT2D eigenvalue weighted by atomic mass is 16.3. The molecule has 0 heterocycles. The summed E-state index contributed by atoms with van der Waals surface area (Å²) in [5, 5.41) is 10.0. The third-order valence-corrected chi connectivity index (χ3v) is 7.71. The fourth-order valence-corrected chi connectivity index (χ4v) is 6.29. The topological polar surface area (TPSA) is 37.3 Å². The maximum Gasteiger partial charge on any atom is 0.139 e. The highest BCUT2D eigenvalue weighted by Crippen LogP contribution is 2.63. The van der Waals surface area contributed by atoms with Gasteiger partial charge in [-0.3, -0.25) is 4.79 Å². The number of carbonyl (C=O) groups excluding carboxylic acids is 1. The Morgan fingerprint density at radius 3 is 2.76 bits per heavy atom. The molecular weight excluding hydrogens is 260 g/mol. The molecule has 0 aliphatic heterocycles. The quantitative estimate of drug-likeness (QED) is 0.687. The summed E-state index contributed by atoms with van der Waals surface area (Å²) in [5.41, 5.74) is 1.91. The number of fused-ring (bicyclic) bond motifs is 5. The first-order valence-electron chi connectivity index (χ1n) is 8.87. The van der Waals surface area contributed by atoms with Gasteiger partial charge in [0, 0.05) is 11.8 Å². The van der Waals surface area contributed by atoms with Crippen LogP contribution >= 0.6 is 0 Å². The van der Waals surface area contributed by atoms with E-state index >= 15 is 0 Å². The molecule has 3 saturated carbocycles. The van der Waals surface area contributed by atoms with Crippen LogP contribution in [0.15, 0.2) is 11.6 Å². The third-order valence-electron chi connectivity index (χ3n) is 7.71. The summed E-state index contributed by atoms with van der Waals surface area (Å²) in [7, 11) is 0. The van der Waals surface area contributed by atoms with Crippen molar-refractivity contribution in [2.45, 2.75) is 71.3 Å². The van der Waals surface area contributed by atoms with Gasteiger partial charge >= 0.3 is 0 Å². The van der Waals surface area contributed by atoms with Crippen molar-refractivity contribution in [2.75, 3.05) is 0 Å². The highest BCUT2D eigenvalue weighted by Gasteiger charge is 2.56. The van der Waals surface area contributed by atoms with Crippen molar-refractivity contribution in [1.29, 1.82) is 0 Å². The Balaban J connectivity index is 1.71. The molecule has 4 aliphatic carbocycles. The van der Waals surface area contributed by atoms with Crippen LogP contribution in [-0.4, -0.2) is 17.0 Å². The van der Waals surface area contributed by atoms with E-state index in [1.807, 2.05) is 0 Å². The van der Waals surface area contributed by atoms with Crippen LogP contribution in [0.25, 0.3) is 0 Å². The van der Waals surface area contributed by atoms with Crippen molar-refractivity contribution < 1.29 is 9.90 Å². The van der Waals surface area contributed by atoms with E-state index in [4.69, 9.17) is 0 Å². The zero-order valence-corrected chi connectivity index (χ0v) is 13.4. The van der Waals surface area contributed by atoms with Crippen LogP contribution in [0, 0.1) is 28.6 Å². The molecule has 0 aromatic rings. The van der Waals surface area contributed by atoms with Gasteiger partial charge in [-0.25, -0.2) is 0 Å². The number of allylic oxidation sites excluding steroid dienone is 2. The predicted octanol–water partition coefficient (Wildman–Crippen LogP) is 3.88. The molecule has 0 amide bonds. The van der Waals surface area contributed by atoms with E-state index in [9.17, 15) is 9.90 Å². The van der Waals surface area contributed by atoms with E-state index in [-0.39, 0.29) is 11.5 Å². The normalized spacial score (nSPS) is 52.7. The van der Waals surface area contributed by atoms with Crippen molar-refractivity contribution in [2.24, 2.45) is 28.6 Å². The standard InChI is InChI=1S/C19H28O2/c1-18-9-7-13(20)11-12(18)3-4-14-15-5-6-17(21)19(15,2)10-8-16(14)18/h8,12-15,20H,3-7,9-11H2,1-2H3/t12-,13-,14-,15-,18-,19-/m0/s1. The fourth-order valence-electron chi connectivity index (χ4n) is 6.29. The smallest absolute Gasteiger partial charge is 0.139 e. The van der Waals surface area contributed by atoms with Gasteiger partial charge in [0.25, 0.3) is 0 Å². The molecule has 0 bridgehead atoms. The van der Waals surface area contributed by atoms with Crippen molar-refractivity contribution in [3.8, 4) is 0 Å². The number of aliphatic hydroxyl groups excluding tert-OH is 1. The molecule has 0 saturated heterocycles. The van der Waals surface area contributed by atoms with Crippen LogP contribution in [0.5, 0.6) is 0 Å². The van der Waals surface area contributed by atoms with E-state index in [1.54, 1.807) is 5.57 Å². The Labute approximate surface area is 128 Å². The molecule has 0 spiro atoms. The molecule has 0 aromatic carbocycles.